The monoisotopic (exact) mass is 301 g/mol. The Hall–Kier alpha value is -1.88. The van der Waals surface area contributed by atoms with Gasteiger partial charge in [-0.15, -0.1) is 11.3 Å². The van der Waals surface area contributed by atoms with Crippen molar-refractivity contribution in [1.29, 1.82) is 0 Å². The van der Waals surface area contributed by atoms with Crippen LogP contribution in [0.4, 0.5) is 10.8 Å². The molecule has 0 aliphatic carbocycles. The van der Waals surface area contributed by atoms with Gasteiger partial charge in [-0.25, -0.2) is 4.98 Å². The van der Waals surface area contributed by atoms with Gasteiger partial charge in [0.05, 0.1) is 11.7 Å². The fourth-order valence-corrected chi connectivity index (χ4v) is 3.57. The Balaban J connectivity index is 1.87. The number of amides is 1. The normalized spacial score (nSPS) is 17.4. The molecule has 2 aromatic rings. The van der Waals surface area contributed by atoms with Crippen molar-refractivity contribution in [2.45, 2.75) is 32.7 Å². The first-order valence-corrected chi connectivity index (χ1v) is 8.15. The number of para-hydroxylation sites is 1. The first-order chi connectivity index (χ1) is 10.2. The van der Waals surface area contributed by atoms with Gasteiger partial charge in [-0.1, -0.05) is 25.1 Å². The number of carbonyl (C=O) groups is 1. The molecule has 1 aromatic carbocycles. The molecule has 2 heterocycles. The van der Waals surface area contributed by atoms with Crippen LogP contribution in [0, 0.1) is 0 Å². The van der Waals surface area contributed by atoms with Crippen LogP contribution in [-0.2, 0) is 11.2 Å². The molecule has 1 aromatic heterocycles. The summed E-state index contributed by atoms with van der Waals surface area (Å²) >= 11 is 1.65. The van der Waals surface area contributed by atoms with Gasteiger partial charge in [-0.2, -0.15) is 0 Å². The second-order valence-corrected chi connectivity index (χ2v) is 6.07. The van der Waals surface area contributed by atoms with E-state index in [2.05, 4.69) is 28.7 Å². The van der Waals surface area contributed by atoms with E-state index in [0.29, 0.717) is 0 Å². The molecule has 0 bridgehead atoms. The number of benzene rings is 1. The third-order valence-corrected chi connectivity index (χ3v) is 4.66. The largest absolute Gasteiger partial charge is 0.355 e. The minimum Gasteiger partial charge on any atom is -0.355 e. The summed E-state index contributed by atoms with van der Waals surface area (Å²) in [5.74, 6) is 0.100. The Morgan fingerprint density at radius 3 is 3.00 bits per heavy atom. The summed E-state index contributed by atoms with van der Waals surface area (Å²) < 4.78 is 0. The van der Waals surface area contributed by atoms with Gasteiger partial charge >= 0.3 is 0 Å². The zero-order valence-corrected chi connectivity index (χ0v) is 13.1. The Bertz CT molecular complexity index is 652. The van der Waals surface area contributed by atoms with Gasteiger partial charge in [0.1, 0.15) is 0 Å². The molecule has 0 spiro atoms. The number of nitrogens with zero attached hydrogens (tertiary/aromatic N) is 2. The van der Waals surface area contributed by atoms with Crippen molar-refractivity contribution >= 4 is 28.1 Å². The number of aromatic nitrogens is 1. The summed E-state index contributed by atoms with van der Waals surface area (Å²) in [4.78, 5) is 18.2. The van der Waals surface area contributed by atoms with Crippen molar-refractivity contribution in [3.63, 3.8) is 0 Å². The highest BCUT2D eigenvalue weighted by Crippen LogP contribution is 2.36. The number of carbonyl (C=O) groups excluding carboxylic acids is 1. The van der Waals surface area contributed by atoms with E-state index in [9.17, 15) is 4.79 Å². The van der Waals surface area contributed by atoms with Crippen molar-refractivity contribution in [3.8, 4) is 0 Å². The van der Waals surface area contributed by atoms with Gasteiger partial charge in [0.25, 0.3) is 0 Å². The minimum absolute atomic E-state index is 0.100. The molecule has 1 amide bonds. The lowest BCUT2D eigenvalue weighted by Crippen LogP contribution is -2.36. The lowest BCUT2D eigenvalue weighted by atomic mass is 9.96. The average Bonchev–Trinajstić information content (AvgIpc) is 2.95. The third kappa shape index (κ3) is 2.78. The van der Waals surface area contributed by atoms with Gasteiger partial charge in [0.15, 0.2) is 5.13 Å². The Kier molecular flexibility index (Phi) is 3.92. The van der Waals surface area contributed by atoms with E-state index in [1.165, 1.54) is 5.56 Å². The van der Waals surface area contributed by atoms with E-state index in [1.54, 1.807) is 18.3 Å². The maximum Gasteiger partial charge on any atom is 0.223 e. The molecule has 1 N–H and O–H groups in total. The Morgan fingerprint density at radius 2 is 2.29 bits per heavy atom. The standard InChI is InChI=1S/C16H19N3OS/c1-3-12-10-21-16(17-12)18-14-8-9-19(11(2)20)15-7-5-4-6-13(14)15/h4-7,10,14H,3,8-9H2,1-2H3,(H,17,18). The Labute approximate surface area is 128 Å². The topological polar surface area (TPSA) is 45.2 Å². The van der Waals surface area contributed by atoms with Crippen LogP contribution in [0.5, 0.6) is 0 Å². The summed E-state index contributed by atoms with van der Waals surface area (Å²) in [7, 11) is 0. The summed E-state index contributed by atoms with van der Waals surface area (Å²) in [6, 6.07) is 8.33. The van der Waals surface area contributed by atoms with Crippen LogP contribution < -0.4 is 10.2 Å². The molecule has 0 saturated carbocycles. The minimum atomic E-state index is 0.100. The average molecular weight is 301 g/mol. The van der Waals surface area contributed by atoms with Crippen LogP contribution in [0.15, 0.2) is 29.6 Å². The number of fused-ring (bicyclic) bond motifs is 1. The number of hydrogen-bond acceptors (Lipinski definition) is 4. The molecule has 1 atom stereocenters. The van der Waals surface area contributed by atoms with Crippen molar-refractivity contribution in [3.05, 3.63) is 40.9 Å². The molecule has 110 valence electrons. The predicted octanol–water partition coefficient (Wildman–Crippen LogP) is 3.62. The number of nitrogens with one attached hydrogen (secondary N) is 1. The van der Waals surface area contributed by atoms with Gasteiger partial charge in [0, 0.05) is 24.5 Å². The van der Waals surface area contributed by atoms with Gasteiger partial charge in [0.2, 0.25) is 5.91 Å². The van der Waals surface area contributed by atoms with Crippen molar-refractivity contribution in [1.82, 2.24) is 4.98 Å². The van der Waals surface area contributed by atoms with E-state index in [-0.39, 0.29) is 11.9 Å². The summed E-state index contributed by atoms with van der Waals surface area (Å²) in [5, 5.41) is 6.58. The zero-order chi connectivity index (χ0) is 14.8. The van der Waals surface area contributed by atoms with Gasteiger partial charge in [-0.05, 0) is 24.5 Å². The van der Waals surface area contributed by atoms with Crippen LogP contribution in [0.3, 0.4) is 0 Å². The molecule has 5 heteroatoms. The maximum absolute atomic E-state index is 11.8. The highest BCUT2D eigenvalue weighted by atomic mass is 32.1. The predicted molar refractivity (Wildman–Crippen MR) is 86.9 cm³/mol. The van der Waals surface area contributed by atoms with Crippen LogP contribution >= 0.6 is 11.3 Å². The molecular formula is C16H19N3OS. The third-order valence-electron chi connectivity index (χ3n) is 3.84. The molecule has 1 aliphatic heterocycles. The van der Waals surface area contributed by atoms with Gasteiger partial charge < -0.3 is 10.2 Å². The van der Waals surface area contributed by atoms with Crippen molar-refractivity contribution in [2.75, 3.05) is 16.8 Å². The second kappa shape index (κ2) is 5.85. The highest BCUT2D eigenvalue weighted by molar-refractivity contribution is 7.13. The number of rotatable bonds is 3. The molecule has 1 unspecified atom stereocenters. The smallest absolute Gasteiger partial charge is 0.223 e. The summed E-state index contributed by atoms with van der Waals surface area (Å²) in [5.41, 5.74) is 3.31. The molecule has 0 radical (unpaired) electrons. The van der Waals surface area contributed by atoms with Crippen LogP contribution in [-0.4, -0.2) is 17.4 Å². The zero-order valence-electron chi connectivity index (χ0n) is 12.3. The number of thiazole rings is 1. The lowest BCUT2D eigenvalue weighted by molar-refractivity contribution is -0.116. The first kappa shape index (κ1) is 14.1. The molecule has 0 saturated heterocycles. The Morgan fingerprint density at radius 1 is 1.48 bits per heavy atom. The number of anilines is 2. The molecule has 21 heavy (non-hydrogen) atoms. The van der Waals surface area contributed by atoms with Crippen molar-refractivity contribution < 1.29 is 4.79 Å². The van der Waals surface area contributed by atoms with Crippen LogP contribution in [0.2, 0.25) is 0 Å². The van der Waals surface area contributed by atoms with E-state index < -0.39 is 0 Å². The summed E-state index contributed by atoms with van der Waals surface area (Å²) in [6.45, 7) is 4.48. The van der Waals surface area contributed by atoms with E-state index in [0.717, 1.165) is 35.9 Å². The lowest BCUT2D eigenvalue weighted by Gasteiger charge is -2.34. The molecule has 4 nitrogen and oxygen atoms in total. The SMILES string of the molecule is CCc1csc(NC2CCN(C(C)=O)c3ccccc32)n1. The van der Waals surface area contributed by atoms with Crippen LogP contribution in [0.25, 0.3) is 0 Å². The highest BCUT2D eigenvalue weighted by Gasteiger charge is 2.27. The molecule has 3 rings (SSSR count). The second-order valence-electron chi connectivity index (χ2n) is 5.21. The maximum atomic E-state index is 11.8. The fourth-order valence-electron chi connectivity index (χ4n) is 2.72. The quantitative estimate of drug-likeness (QED) is 0.942. The van der Waals surface area contributed by atoms with Gasteiger partial charge in [-0.3, -0.25) is 4.79 Å². The fraction of sp³-hybridized carbons (Fsp3) is 0.375. The first-order valence-electron chi connectivity index (χ1n) is 7.27. The van der Waals surface area contributed by atoms with Crippen LogP contribution in [0.1, 0.15) is 37.6 Å². The molecule has 0 fully saturated rings. The van der Waals surface area contributed by atoms with E-state index in [4.69, 9.17) is 0 Å². The van der Waals surface area contributed by atoms with E-state index in [1.807, 2.05) is 23.1 Å². The molecule has 1 aliphatic rings. The molecular weight excluding hydrogens is 282 g/mol. The van der Waals surface area contributed by atoms with E-state index >= 15 is 0 Å². The number of hydrogen-bond donors (Lipinski definition) is 1. The summed E-state index contributed by atoms with van der Waals surface area (Å²) in [6.07, 6.45) is 1.86. The number of aryl methyl sites for hydroxylation is 1. The van der Waals surface area contributed by atoms with Crippen molar-refractivity contribution in [2.24, 2.45) is 0 Å².